The Bertz CT molecular complexity index is 569. The van der Waals surface area contributed by atoms with Gasteiger partial charge in [0.2, 0.25) is 5.66 Å². The molecular formula is C13H13N3O3. The molecule has 1 aromatic carbocycles. The number of nitrogens with zero attached hydrogens (tertiary/aromatic N) is 2. The number of hydrogen-bond acceptors (Lipinski definition) is 5. The molecule has 1 aromatic rings. The Balaban J connectivity index is 1.99. The van der Waals surface area contributed by atoms with E-state index >= 15 is 0 Å². The third-order valence-corrected chi connectivity index (χ3v) is 2.74. The van der Waals surface area contributed by atoms with Crippen molar-refractivity contribution in [2.45, 2.75) is 12.1 Å². The molecule has 0 radical (unpaired) electrons. The number of carbonyl (C=O) groups excluding carboxylic acids is 1. The number of ether oxygens (including phenoxy) is 1. The Morgan fingerprint density at radius 1 is 1.58 bits per heavy atom. The molecule has 1 amide bonds. The number of phenolic OH excluding ortho intramolecular Hbond substituents is 1. The van der Waals surface area contributed by atoms with Crippen molar-refractivity contribution in [1.82, 2.24) is 5.32 Å². The zero-order chi connectivity index (χ0) is 13.9. The number of phenols is 1. The molecule has 0 spiro atoms. The summed E-state index contributed by atoms with van der Waals surface area (Å²) >= 11 is 0. The Labute approximate surface area is 110 Å². The minimum atomic E-state index is -0.647. The van der Waals surface area contributed by atoms with E-state index in [0.717, 1.165) is 0 Å². The lowest BCUT2D eigenvalue weighted by atomic mass is 10.1. The molecule has 6 heteroatoms. The fraction of sp³-hybridized carbons (Fsp3) is 0.308. The molecule has 0 aliphatic carbocycles. The van der Waals surface area contributed by atoms with Crippen LogP contribution in [0.3, 0.4) is 0 Å². The molecule has 19 heavy (non-hydrogen) atoms. The first-order valence-corrected chi connectivity index (χ1v) is 5.63. The van der Waals surface area contributed by atoms with Crippen LogP contribution in [0.4, 0.5) is 0 Å². The first-order chi connectivity index (χ1) is 9.10. The number of amides is 1. The van der Waals surface area contributed by atoms with Crippen molar-refractivity contribution in [2.75, 3.05) is 13.7 Å². The third kappa shape index (κ3) is 2.83. The maximum absolute atomic E-state index is 11.9. The largest absolute Gasteiger partial charge is 0.504 e. The molecule has 0 saturated heterocycles. The number of terminal acetylenes is 1. The fourth-order valence-electron chi connectivity index (χ4n) is 1.58. The second-order valence-electron chi connectivity index (χ2n) is 4.13. The van der Waals surface area contributed by atoms with E-state index in [2.05, 4.69) is 21.5 Å². The monoisotopic (exact) mass is 259 g/mol. The van der Waals surface area contributed by atoms with Gasteiger partial charge in [0.05, 0.1) is 20.1 Å². The van der Waals surface area contributed by atoms with Crippen LogP contribution in [-0.2, 0) is 0 Å². The van der Waals surface area contributed by atoms with Crippen LogP contribution < -0.4 is 10.1 Å². The number of carbonyl (C=O) groups is 1. The minimum Gasteiger partial charge on any atom is -0.504 e. The van der Waals surface area contributed by atoms with Crippen molar-refractivity contribution in [3.8, 4) is 23.8 Å². The summed E-state index contributed by atoms with van der Waals surface area (Å²) in [6, 6.07) is 4.36. The van der Waals surface area contributed by atoms with Gasteiger partial charge in [0.15, 0.2) is 11.5 Å². The van der Waals surface area contributed by atoms with Crippen molar-refractivity contribution in [2.24, 2.45) is 10.2 Å². The lowest BCUT2D eigenvalue weighted by Gasteiger charge is -2.10. The topological polar surface area (TPSA) is 83.3 Å². The second kappa shape index (κ2) is 4.98. The van der Waals surface area contributed by atoms with E-state index in [9.17, 15) is 9.90 Å². The maximum Gasteiger partial charge on any atom is 0.251 e. The quantitative estimate of drug-likeness (QED) is 0.782. The van der Waals surface area contributed by atoms with Gasteiger partial charge >= 0.3 is 0 Å². The van der Waals surface area contributed by atoms with Crippen molar-refractivity contribution in [3.05, 3.63) is 23.8 Å². The van der Waals surface area contributed by atoms with Gasteiger partial charge in [0, 0.05) is 5.56 Å². The summed E-state index contributed by atoms with van der Waals surface area (Å²) in [5.41, 5.74) is -0.267. The highest BCUT2D eigenvalue weighted by atomic mass is 16.5. The molecule has 6 nitrogen and oxygen atoms in total. The van der Waals surface area contributed by atoms with Gasteiger partial charge in [-0.05, 0) is 18.2 Å². The molecule has 0 bridgehead atoms. The number of nitrogens with one attached hydrogen (secondary N) is 1. The SMILES string of the molecule is C#CCC1(CNC(=O)c2ccc(O)c(OC)c2)N=N1. The summed E-state index contributed by atoms with van der Waals surface area (Å²) < 4.78 is 4.94. The molecule has 0 fully saturated rings. The van der Waals surface area contributed by atoms with Gasteiger partial charge in [0.25, 0.3) is 5.91 Å². The minimum absolute atomic E-state index is 0.0185. The molecule has 1 aliphatic rings. The summed E-state index contributed by atoms with van der Waals surface area (Å²) in [5.74, 6) is 2.39. The van der Waals surface area contributed by atoms with Crippen LogP contribution in [0, 0.1) is 12.3 Å². The van der Waals surface area contributed by atoms with E-state index in [4.69, 9.17) is 11.2 Å². The second-order valence-corrected chi connectivity index (χ2v) is 4.13. The van der Waals surface area contributed by atoms with Gasteiger partial charge in [-0.3, -0.25) is 4.79 Å². The van der Waals surface area contributed by atoms with Gasteiger partial charge in [-0.25, -0.2) is 0 Å². The van der Waals surface area contributed by atoms with Crippen LogP contribution in [0.15, 0.2) is 28.4 Å². The summed E-state index contributed by atoms with van der Waals surface area (Å²) in [6.07, 6.45) is 5.57. The Kier molecular flexibility index (Phi) is 3.38. The normalized spacial score (nSPS) is 14.5. The van der Waals surface area contributed by atoms with Gasteiger partial charge in [0.1, 0.15) is 0 Å². The molecule has 2 N–H and O–H groups in total. The molecule has 0 unspecified atom stereocenters. The molecule has 2 rings (SSSR count). The van der Waals surface area contributed by atoms with E-state index in [1.54, 1.807) is 0 Å². The van der Waals surface area contributed by atoms with Gasteiger partial charge in [-0.1, -0.05) is 0 Å². The molecule has 0 atom stereocenters. The molecule has 1 aliphatic heterocycles. The first-order valence-electron chi connectivity index (χ1n) is 5.63. The summed E-state index contributed by atoms with van der Waals surface area (Å²) in [7, 11) is 1.42. The molecule has 1 heterocycles. The summed E-state index contributed by atoms with van der Waals surface area (Å²) in [4.78, 5) is 11.9. The van der Waals surface area contributed by atoms with Crippen LogP contribution in [0.5, 0.6) is 11.5 Å². The van der Waals surface area contributed by atoms with E-state index in [1.807, 2.05) is 0 Å². The van der Waals surface area contributed by atoms with Crippen molar-refractivity contribution in [3.63, 3.8) is 0 Å². The number of rotatable bonds is 5. The summed E-state index contributed by atoms with van der Waals surface area (Å²) in [6.45, 7) is 0.263. The van der Waals surface area contributed by atoms with E-state index < -0.39 is 5.66 Å². The van der Waals surface area contributed by atoms with Gasteiger partial charge in [-0.15, -0.1) is 12.3 Å². The standard InChI is InChI=1S/C13H13N3O3/c1-3-6-13(15-16-13)8-14-12(18)9-4-5-10(17)11(7-9)19-2/h1,4-5,7,17H,6,8H2,2H3,(H,14,18). The average molecular weight is 259 g/mol. The first kappa shape index (κ1) is 12.9. The van der Waals surface area contributed by atoms with Gasteiger partial charge < -0.3 is 15.2 Å². The van der Waals surface area contributed by atoms with Crippen LogP contribution in [0.1, 0.15) is 16.8 Å². The molecule has 0 saturated carbocycles. The van der Waals surface area contributed by atoms with E-state index in [1.165, 1.54) is 25.3 Å². The highest BCUT2D eigenvalue weighted by Crippen LogP contribution is 2.30. The van der Waals surface area contributed by atoms with E-state index in [0.29, 0.717) is 12.0 Å². The van der Waals surface area contributed by atoms with Crippen molar-refractivity contribution < 1.29 is 14.6 Å². The van der Waals surface area contributed by atoms with Crippen LogP contribution in [0.25, 0.3) is 0 Å². The smallest absolute Gasteiger partial charge is 0.251 e. The molecule has 0 aromatic heterocycles. The number of hydrogen-bond donors (Lipinski definition) is 2. The zero-order valence-corrected chi connectivity index (χ0v) is 10.4. The van der Waals surface area contributed by atoms with Crippen molar-refractivity contribution in [1.29, 1.82) is 0 Å². The Morgan fingerprint density at radius 2 is 2.32 bits per heavy atom. The molecule has 98 valence electrons. The third-order valence-electron chi connectivity index (χ3n) is 2.74. The number of methoxy groups -OCH3 is 1. The van der Waals surface area contributed by atoms with Crippen LogP contribution in [0.2, 0.25) is 0 Å². The number of aromatic hydroxyl groups is 1. The van der Waals surface area contributed by atoms with Gasteiger partial charge in [-0.2, -0.15) is 10.2 Å². The predicted octanol–water partition coefficient (Wildman–Crippen LogP) is 1.32. The lowest BCUT2D eigenvalue weighted by molar-refractivity contribution is 0.0948. The van der Waals surface area contributed by atoms with Crippen LogP contribution in [-0.4, -0.2) is 30.3 Å². The maximum atomic E-state index is 11.9. The Morgan fingerprint density at radius 3 is 2.89 bits per heavy atom. The van der Waals surface area contributed by atoms with Crippen molar-refractivity contribution >= 4 is 5.91 Å². The zero-order valence-electron chi connectivity index (χ0n) is 10.4. The Hall–Kier alpha value is -2.55. The molecular weight excluding hydrogens is 246 g/mol. The van der Waals surface area contributed by atoms with E-state index in [-0.39, 0.29) is 24.0 Å². The van der Waals surface area contributed by atoms with Crippen LogP contribution >= 0.6 is 0 Å². The highest BCUT2D eigenvalue weighted by molar-refractivity contribution is 5.94. The fourth-order valence-corrected chi connectivity index (χ4v) is 1.58. The highest BCUT2D eigenvalue weighted by Gasteiger charge is 2.39. The lowest BCUT2D eigenvalue weighted by Crippen LogP contribution is -2.34. The predicted molar refractivity (Wildman–Crippen MR) is 68.0 cm³/mol. The number of benzene rings is 1. The average Bonchev–Trinajstić information content (AvgIpc) is 3.17. The summed E-state index contributed by atoms with van der Waals surface area (Å²) in [5, 5.41) is 19.8.